The van der Waals surface area contributed by atoms with Crippen LogP contribution < -0.4 is 5.73 Å². The number of hydrogen-bond acceptors (Lipinski definition) is 3. The van der Waals surface area contributed by atoms with E-state index in [1.807, 2.05) is 22.6 Å². The van der Waals surface area contributed by atoms with Gasteiger partial charge < -0.3 is 10.8 Å². The predicted octanol–water partition coefficient (Wildman–Crippen LogP) is 1.78. The summed E-state index contributed by atoms with van der Waals surface area (Å²) >= 11 is 1.94. The van der Waals surface area contributed by atoms with E-state index in [1.165, 1.54) is 13.0 Å². The van der Waals surface area contributed by atoms with Gasteiger partial charge in [-0.2, -0.15) is 0 Å². The summed E-state index contributed by atoms with van der Waals surface area (Å²) in [5.74, 6) is -0.190. The summed E-state index contributed by atoms with van der Waals surface area (Å²) < 4.78 is 0.611. The zero-order chi connectivity index (χ0) is 9.30. The smallest absolute Gasteiger partial charge is 0.164 e. The minimum Gasteiger partial charge on any atom is -0.507 e. The Kier molecular flexibility index (Phi) is 2.56. The lowest BCUT2D eigenvalue weighted by molar-refractivity contribution is 0.101. The molecule has 0 aliphatic heterocycles. The standard InChI is InChI=1S/C8H8INO2/c1-4(11)7-6(12)3-2-5(10)8(7)9/h2-3,12H,10H2,1H3. The largest absolute Gasteiger partial charge is 0.507 e. The van der Waals surface area contributed by atoms with Gasteiger partial charge in [0, 0.05) is 5.69 Å². The summed E-state index contributed by atoms with van der Waals surface area (Å²) in [5, 5.41) is 9.31. The Balaban J connectivity index is 3.43. The monoisotopic (exact) mass is 277 g/mol. The molecule has 3 nitrogen and oxygen atoms in total. The number of halogens is 1. The summed E-state index contributed by atoms with van der Waals surface area (Å²) in [6, 6.07) is 3.00. The molecule has 0 amide bonds. The maximum absolute atomic E-state index is 11.0. The zero-order valence-corrected chi connectivity index (χ0v) is 8.62. The molecular weight excluding hydrogens is 269 g/mol. The molecule has 0 saturated heterocycles. The first-order valence-electron chi connectivity index (χ1n) is 3.32. The molecule has 0 spiro atoms. The van der Waals surface area contributed by atoms with Crippen LogP contribution in [-0.2, 0) is 0 Å². The van der Waals surface area contributed by atoms with Crippen molar-refractivity contribution in [2.45, 2.75) is 6.92 Å². The minimum absolute atomic E-state index is 0.0129. The number of phenolic OH excluding ortho intramolecular Hbond substituents is 1. The number of nitrogens with two attached hydrogens (primary N) is 1. The highest BCUT2D eigenvalue weighted by atomic mass is 127. The average Bonchev–Trinajstić information content (AvgIpc) is 1.97. The van der Waals surface area contributed by atoms with Crippen molar-refractivity contribution >= 4 is 34.1 Å². The third-order valence-electron chi connectivity index (χ3n) is 1.50. The highest BCUT2D eigenvalue weighted by Crippen LogP contribution is 2.27. The molecule has 1 aromatic carbocycles. The van der Waals surface area contributed by atoms with E-state index in [0.717, 1.165) is 0 Å². The molecule has 0 saturated carbocycles. The van der Waals surface area contributed by atoms with E-state index < -0.39 is 0 Å². The third-order valence-corrected chi connectivity index (χ3v) is 2.66. The van der Waals surface area contributed by atoms with Crippen LogP contribution in [0.1, 0.15) is 17.3 Å². The number of carbonyl (C=O) groups is 1. The van der Waals surface area contributed by atoms with E-state index in [1.54, 1.807) is 6.07 Å². The van der Waals surface area contributed by atoms with Gasteiger partial charge in [-0.3, -0.25) is 4.79 Å². The summed E-state index contributed by atoms with van der Waals surface area (Å²) in [7, 11) is 0. The molecule has 1 aromatic rings. The molecule has 0 atom stereocenters. The second-order valence-corrected chi connectivity index (χ2v) is 3.50. The van der Waals surface area contributed by atoms with Gasteiger partial charge in [-0.05, 0) is 41.6 Å². The molecule has 0 aliphatic carbocycles. The molecule has 3 N–H and O–H groups in total. The van der Waals surface area contributed by atoms with Gasteiger partial charge in [-0.15, -0.1) is 0 Å². The van der Waals surface area contributed by atoms with Crippen LogP contribution >= 0.6 is 22.6 Å². The Morgan fingerprint density at radius 3 is 2.58 bits per heavy atom. The van der Waals surface area contributed by atoms with Crippen molar-refractivity contribution in [3.05, 3.63) is 21.3 Å². The second-order valence-electron chi connectivity index (χ2n) is 2.42. The quantitative estimate of drug-likeness (QED) is 0.356. The maximum atomic E-state index is 11.0. The van der Waals surface area contributed by atoms with Gasteiger partial charge in [0.15, 0.2) is 5.78 Å². The fourth-order valence-corrected chi connectivity index (χ4v) is 1.75. The van der Waals surface area contributed by atoms with Gasteiger partial charge in [0.1, 0.15) is 5.75 Å². The number of ketones is 1. The number of anilines is 1. The number of benzene rings is 1. The number of aromatic hydroxyl groups is 1. The van der Waals surface area contributed by atoms with E-state index in [2.05, 4.69) is 0 Å². The molecule has 64 valence electrons. The fraction of sp³-hybridized carbons (Fsp3) is 0.125. The normalized spacial score (nSPS) is 9.83. The Morgan fingerprint density at radius 2 is 2.17 bits per heavy atom. The van der Waals surface area contributed by atoms with Crippen LogP contribution in [0.15, 0.2) is 12.1 Å². The van der Waals surface area contributed by atoms with E-state index >= 15 is 0 Å². The first-order chi connectivity index (χ1) is 5.54. The van der Waals surface area contributed by atoms with Gasteiger partial charge in [-0.25, -0.2) is 0 Å². The number of phenols is 1. The number of Topliss-reactive ketones (excluding diaryl/α,β-unsaturated/α-hetero) is 1. The molecule has 0 aliphatic rings. The average molecular weight is 277 g/mol. The lowest BCUT2D eigenvalue weighted by Gasteiger charge is -2.05. The van der Waals surface area contributed by atoms with Crippen molar-refractivity contribution in [1.82, 2.24) is 0 Å². The Hall–Kier alpha value is -0.780. The molecule has 12 heavy (non-hydrogen) atoms. The SMILES string of the molecule is CC(=O)c1c(O)ccc(N)c1I. The highest BCUT2D eigenvalue weighted by molar-refractivity contribution is 14.1. The lowest BCUT2D eigenvalue weighted by atomic mass is 10.1. The van der Waals surface area contributed by atoms with E-state index in [4.69, 9.17) is 5.73 Å². The number of hydrogen-bond donors (Lipinski definition) is 2. The molecular formula is C8H8INO2. The van der Waals surface area contributed by atoms with Crippen molar-refractivity contribution in [3.63, 3.8) is 0 Å². The number of nitrogen functional groups attached to an aromatic ring is 1. The highest BCUT2D eigenvalue weighted by Gasteiger charge is 2.12. The first-order valence-corrected chi connectivity index (χ1v) is 4.39. The lowest BCUT2D eigenvalue weighted by Crippen LogP contribution is -2.00. The molecule has 0 radical (unpaired) electrons. The minimum atomic E-state index is -0.177. The van der Waals surface area contributed by atoms with Crippen molar-refractivity contribution in [3.8, 4) is 5.75 Å². The number of carbonyl (C=O) groups excluding carboxylic acids is 1. The Morgan fingerprint density at radius 1 is 1.58 bits per heavy atom. The van der Waals surface area contributed by atoms with Crippen LogP contribution in [0.4, 0.5) is 5.69 Å². The van der Waals surface area contributed by atoms with Crippen LogP contribution in [0, 0.1) is 3.57 Å². The van der Waals surface area contributed by atoms with Crippen LogP contribution in [0.2, 0.25) is 0 Å². The van der Waals surface area contributed by atoms with Crippen LogP contribution in [0.5, 0.6) is 5.75 Å². The van der Waals surface area contributed by atoms with Gasteiger partial charge in [0.25, 0.3) is 0 Å². The van der Waals surface area contributed by atoms with Gasteiger partial charge >= 0.3 is 0 Å². The third kappa shape index (κ3) is 1.52. The summed E-state index contributed by atoms with van der Waals surface area (Å²) in [5.41, 5.74) is 6.37. The van der Waals surface area contributed by atoms with E-state index in [-0.39, 0.29) is 11.5 Å². The van der Waals surface area contributed by atoms with E-state index in [9.17, 15) is 9.90 Å². The topological polar surface area (TPSA) is 63.3 Å². The van der Waals surface area contributed by atoms with Crippen molar-refractivity contribution in [2.24, 2.45) is 0 Å². The molecule has 1 rings (SSSR count). The maximum Gasteiger partial charge on any atom is 0.164 e. The fourth-order valence-electron chi connectivity index (χ4n) is 0.917. The van der Waals surface area contributed by atoms with Crippen LogP contribution in [0.25, 0.3) is 0 Å². The van der Waals surface area contributed by atoms with Gasteiger partial charge in [0.2, 0.25) is 0 Å². The van der Waals surface area contributed by atoms with Crippen molar-refractivity contribution in [1.29, 1.82) is 0 Å². The molecule has 0 bridgehead atoms. The Labute approximate surface area is 83.7 Å². The summed E-state index contributed by atoms with van der Waals surface area (Å²) in [4.78, 5) is 11.0. The van der Waals surface area contributed by atoms with Crippen LogP contribution in [-0.4, -0.2) is 10.9 Å². The van der Waals surface area contributed by atoms with Crippen molar-refractivity contribution in [2.75, 3.05) is 5.73 Å². The second kappa shape index (κ2) is 3.30. The van der Waals surface area contributed by atoms with Gasteiger partial charge in [-0.1, -0.05) is 0 Å². The molecule has 0 unspecified atom stereocenters. The molecule has 0 heterocycles. The van der Waals surface area contributed by atoms with Crippen molar-refractivity contribution < 1.29 is 9.90 Å². The molecule has 0 fully saturated rings. The first kappa shape index (κ1) is 9.31. The summed E-state index contributed by atoms with van der Waals surface area (Å²) in [6.45, 7) is 1.40. The summed E-state index contributed by atoms with van der Waals surface area (Å²) in [6.07, 6.45) is 0. The Bertz CT molecular complexity index is 336. The number of rotatable bonds is 1. The predicted molar refractivity (Wildman–Crippen MR) is 55.2 cm³/mol. The zero-order valence-electron chi connectivity index (χ0n) is 6.47. The molecule has 0 aromatic heterocycles. The molecule has 4 heteroatoms. The van der Waals surface area contributed by atoms with Gasteiger partial charge in [0.05, 0.1) is 9.13 Å². The van der Waals surface area contributed by atoms with Crippen LogP contribution in [0.3, 0.4) is 0 Å². The van der Waals surface area contributed by atoms with E-state index in [0.29, 0.717) is 14.8 Å².